The first-order valence-corrected chi connectivity index (χ1v) is 7.29. The molecule has 1 amide bonds. The molecule has 0 aromatic heterocycles. The van der Waals surface area contributed by atoms with E-state index in [1.165, 1.54) is 12.8 Å². The van der Waals surface area contributed by atoms with Gasteiger partial charge < -0.3 is 20.7 Å². The first-order chi connectivity index (χ1) is 8.98. The minimum absolute atomic E-state index is 0.299. The largest absolute Gasteiger partial charge is 0.380 e. The van der Waals surface area contributed by atoms with E-state index in [1.54, 1.807) is 0 Å². The third-order valence-electron chi connectivity index (χ3n) is 3.56. The molecule has 0 aromatic rings. The van der Waals surface area contributed by atoms with Crippen molar-refractivity contribution >= 4 is 5.91 Å². The number of hydrogen-bond donors (Lipinski definition) is 2. The summed E-state index contributed by atoms with van der Waals surface area (Å²) in [6.07, 6.45) is 3.62. The van der Waals surface area contributed by atoms with Crippen LogP contribution in [0.4, 0.5) is 0 Å². The van der Waals surface area contributed by atoms with Gasteiger partial charge in [0, 0.05) is 19.7 Å². The van der Waals surface area contributed by atoms with Crippen molar-refractivity contribution in [3.8, 4) is 0 Å². The van der Waals surface area contributed by atoms with Crippen molar-refractivity contribution in [2.24, 2.45) is 11.7 Å². The molecule has 1 fully saturated rings. The SMILES string of the molecule is CCCNC(C)(CN(C)CCOCC1CC1)C(N)=O. The van der Waals surface area contributed by atoms with E-state index in [-0.39, 0.29) is 5.91 Å². The topological polar surface area (TPSA) is 67.6 Å². The molecule has 3 N–H and O–H groups in total. The van der Waals surface area contributed by atoms with Gasteiger partial charge in [0.05, 0.1) is 6.61 Å². The Bertz CT molecular complexity index is 282. The molecule has 5 heteroatoms. The quantitative estimate of drug-likeness (QED) is 0.540. The number of carbonyl (C=O) groups is 1. The molecule has 1 aliphatic rings. The fraction of sp³-hybridized carbons (Fsp3) is 0.929. The number of nitrogens with two attached hydrogens (primary N) is 1. The maximum absolute atomic E-state index is 11.6. The van der Waals surface area contributed by atoms with E-state index in [1.807, 2.05) is 14.0 Å². The molecule has 0 aliphatic heterocycles. The standard InChI is InChI=1S/C14H29N3O2/c1-4-7-16-14(2,13(15)18)11-17(3)8-9-19-10-12-5-6-12/h12,16H,4-11H2,1-3H3,(H2,15,18). The van der Waals surface area contributed by atoms with Crippen LogP contribution in [0.3, 0.4) is 0 Å². The predicted octanol–water partition coefficient (Wildman–Crippen LogP) is 0.588. The minimum Gasteiger partial charge on any atom is -0.380 e. The fourth-order valence-corrected chi connectivity index (χ4v) is 2.00. The fourth-order valence-electron chi connectivity index (χ4n) is 2.00. The van der Waals surface area contributed by atoms with Crippen LogP contribution in [0, 0.1) is 5.92 Å². The van der Waals surface area contributed by atoms with Crippen molar-refractivity contribution in [3.63, 3.8) is 0 Å². The summed E-state index contributed by atoms with van der Waals surface area (Å²) >= 11 is 0. The average molecular weight is 271 g/mol. The van der Waals surface area contributed by atoms with Crippen LogP contribution in [0.1, 0.15) is 33.1 Å². The zero-order chi connectivity index (χ0) is 14.3. The minimum atomic E-state index is -0.665. The Morgan fingerprint density at radius 1 is 1.53 bits per heavy atom. The number of nitrogens with one attached hydrogen (secondary N) is 1. The molecule has 0 radical (unpaired) electrons. The third kappa shape index (κ3) is 6.36. The van der Waals surface area contributed by atoms with E-state index in [9.17, 15) is 4.79 Å². The van der Waals surface area contributed by atoms with Crippen molar-refractivity contribution in [1.29, 1.82) is 0 Å². The number of carbonyl (C=O) groups excluding carboxylic acids is 1. The summed E-state index contributed by atoms with van der Waals surface area (Å²) in [5.74, 6) is 0.499. The molecule has 1 aliphatic carbocycles. The second-order valence-corrected chi connectivity index (χ2v) is 5.88. The molecule has 1 unspecified atom stereocenters. The lowest BCUT2D eigenvalue weighted by atomic mass is 10.0. The second kappa shape index (κ2) is 7.82. The van der Waals surface area contributed by atoms with E-state index in [2.05, 4.69) is 17.1 Å². The van der Waals surface area contributed by atoms with Crippen molar-refractivity contribution in [2.75, 3.05) is 39.9 Å². The lowest BCUT2D eigenvalue weighted by Crippen LogP contribution is -2.59. The van der Waals surface area contributed by atoms with E-state index >= 15 is 0 Å². The number of hydrogen-bond acceptors (Lipinski definition) is 4. The Balaban J connectivity index is 2.24. The number of amides is 1. The molecular weight excluding hydrogens is 242 g/mol. The van der Waals surface area contributed by atoms with Gasteiger partial charge in [-0.2, -0.15) is 0 Å². The van der Waals surface area contributed by atoms with Crippen LogP contribution in [0.2, 0.25) is 0 Å². The van der Waals surface area contributed by atoms with E-state index in [0.29, 0.717) is 6.54 Å². The summed E-state index contributed by atoms with van der Waals surface area (Å²) < 4.78 is 5.61. The molecule has 5 nitrogen and oxygen atoms in total. The highest BCUT2D eigenvalue weighted by atomic mass is 16.5. The maximum atomic E-state index is 11.6. The lowest BCUT2D eigenvalue weighted by molar-refractivity contribution is -0.124. The highest BCUT2D eigenvalue weighted by molar-refractivity contribution is 5.84. The van der Waals surface area contributed by atoms with E-state index in [0.717, 1.165) is 38.6 Å². The van der Waals surface area contributed by atoms with Crippen LogP contribution in [0.5, 0.6) is 0 Å². The normalized spacial score (nSPS) is 18.5. The van der Waals surface area contributed by atoms with Crippen molar-refractivity contribution in [3.05, 3.63) is 0 Å². The lowest BCUT2D eigenvalue weighted by Gasteiger charge is -2.32. The van der Waals surface area contributed by atoms with Crippen molar-refractivity contribution in [1.82, 2.24) is 10.2 Å². The number of likely N-dealkylation sites (N-methyl/N-ethyl adjacent to an activating group) is 1. The smallest absolute Gasteiger partial charge is 0.238 e. The molecule has 0 saturated heterocycles. The van der Waals surface area contributed by atoms with E-state index in [4.69, 9.17) is 10.5 Å². The number of ether oxygens (including phenoxy) is 1. The summed E-state index contributed by atoms with van der Waals surface area (Å²) in [6, 6.07) is 0. The Kier molecular flexibility index (Phi) is 6.75. The average Bonchev–Trinajstić information content (AvgIpc) is 3.16. The maximum Gasteiger partial charge on any atom is 0.238 e. The van der Waals surface area contributed by atoms with Gasteiger partial charge in [0.25, 0.3) is 0 Å². The Morgan fingerprint density at radius 2 is 2.21 bits per heavy atom. The van der Waals surface area contributed by atoms with Crippen LogP contribution in [0.15, 0.2) is 0 Å². The Labute approximate surface area is 116 Å². The van der Waals surface area contributed by atoms with Gasteiger partial charge in [-0.15, -0.1) is 0 Å². The summed E-state index contributed by atoms with van der Waals surface area (Å²) in [6.45, 7) is 7.77. The Hall–Kier alpha value is -0.650. The number of rotatable bonds is 11. The molecular formula is C14H29N3O2. The highest BCUT2D eigenvalue weighted by Crippen LogP contribution is 2.28. The molecule has 0 spiro atoms. The predicted molar refractivity (Wildman–Crippen MR) is 76.9 cm³/mol. The molecule has 1 atom stereocenters. The second-order valence-electron chi connectivity index (χ2n) is 5.88. The van der Waals surface area contributed by atoms with Gasteiger partial charge in [0.1, 0.15) is 5.54 Å². The van der Waals surface area contributed by atoms with Gasteiger partial charge >= 0.3 is 0 Å². The van der Waals surface area contributed by atoms with Crippen LogP contribution in [-0.2, 0) is 9.53 Å². The number of nitrogens with zero attached hydrogens (tertiary/aromatic N) is 1. The van der Waals surface area contributed by atoms with E-state index < -0.39 is 5.54 Å². The third-order valence-corrected chi connectivity index (χ3v) is 3.56. The van der Waals surface area contributed by atoms with Gasteiger partial charge in [-0.05, 0) is 45.7 Å². The molecule has 0 aromatic carbocycles. The summed E-state index contributed by atoms with van der Waals surface area (Å²) in [5, 5.41) is 3.24. The summed E-state index contributed by atoms with van der Waals surface area (Å²) in [4.78, 5) is 13.7. The molecule has 0 heterocycles. The van der Waals surface area contributed by atoms with Crippen LogP contribution < -0.4 is 11.1 Å². The van der Waals surface area contributed by atoms with Gasteiger partial charge in [-0.3, -0.25) is 4.79 Å². The van der Waals surface area contributed by atoms with Crippen LogP contribution >= 0.6 is 0 Å². The zero-order valence-corrected chi connectivity index (χ0v) is 12.6. The molecule has 19 heavy (non-hydrogen) atoms. The molecule has 1 rings (SSSR count). The Morgan fingerprint density at radius 3 is 2.74 bits per heavy atom. The van der Waals surface area contributed by atoms with Gasteiger partial charge in [0.2, 0.25) is 5.91 Å². The molecule has 112 valence electrons. The van der Waals surface area contributed by atoms with Crippen LogP contribution in [-0.4, -0.2) is 56.2 Å². The highest BCUT2D eigenvalue weighted by Gasteiger charge is 2.31. The van der Waals surface area contributed by atoms with Gasteiger partial charge in [-0.25, -0.2) is 0 Å². The monoisotopic (exact) mass is 271 g/mol. The number of primary amides is 1. The van der Waals surface area contributed by atoms with Gasteiger partial charge in [-0.1, -0.05) is 6.92 Å². The summed E-state index contributed by atoms with van der Waals surface area (Å²) in [5.41, 5.74) is 4.84. The van der Waals surface area contributed by atoms with Crippen molar-refractivity contribution < 1.29 is 9.53 Å². The first kappa shape index (κ1) is 16.4. The van der Waals surface area contributed by atoms with Crippen LogP contribution in [0.25, 0.3) is 0 Å². The summed E-state index contributed by atoms with van der Waals surface area (Å²) in [7, 11) is 2.00. The first-order valence-electron chi connectivity index (χ1n) is 7.29. The molecule has 0 bridgehead atoms. The van der Waals surface area contributed by atoms with Gasteiger partial charge in [0.15, 0.2) is 0 Å². The zero-order valence-electron chi connectivity index (χ0n) is 12.6. The molecule has 1 saturated carbocycles. The van der Waals surface area contributed by atoms with Crippen molar-refractivity contribution in [2.45, 2.75) is 38.6 Å².